The summed E-state index contributed by atoms with van der Waals surface area (Å²) in [4.78, 5) is 12.0. The van der Waals surface area contributed by atoms with Gasteiger partial charge in [0.2, 0.25) is 0 Å². The normalized spacial score (nSPS) is 10.1. The van der Waals surface area contributed by atoms with Crippen LogP contribution >= 0.6 is 15.9 Å². The standard InChI is InChI=1S/C15H14BrNO3/c1-20-14-6-5-11(8-13(14)18)15(19)17-9-10-3-2-4-12(16)7-10/h2-8,18H,9H2,1H3,(H,17,19). The van der Waals surface area contributed by atoms with Crippen LogP contribution in [0.5, 0.6) is 11.5 Å². The molecule has 5 heteroatoms. The number of aromatic hydroxyl groups is 1. The maximum Gasteiger partial charge on any atom is 0.251 e. The predicted molar refractivity (Wildman–Crippen MR) is 80.0 cm³/mol. The Bertz CT molecular complexity index is 628. The second kappa shape index (κ2) is 6.43. The average molecular weight is 336 g/mol. The molecule has 0 saturated carbocycles. The van der Waals surface area contributed by atoms with Crippen LogP contribution in [0.1, 0.15) is 15.9 Å². The summed E-state index contributed by atoms with van der Waals surface area (Å²) >= 11 is 3.38. The molecule has 0 aromatic heterocycles. The van der Waals surface area contributed by atoms with Crippen molar-refractivity contribution >= 4 is 21.8 Å². The molecular weight excluding hydrogens is 322 g/mol. The van der Waals surface area contributed by atoms with Gasteiger partial charge in [0.25, 0.3) is 5.91 Å². The summed E-state index contributed by atoms with van der Waals surface area (Å²) in [6, 6.07) is 12.2. The zero-order chi connectivity index (χ0) is 14.5. The van der Waals surface area contributed by atoms with Crippen LogP contribution in [0.4, 0.5) is 0 Å². The molecule has 104 valence electrons. The topological polar surface area (TPSA) is 58.6 Å². The molecule has 0 saturated heterocycles. The number of hydrogen-bond donors (Lipinski definition) is 2. The third kappa shape index (κ3) is 3.51. The van der Waals surface area contributed by atoms with Gasteiger partial charge in [-0.05, 0) is 35.9 Å². The molecule has 0 radical (unpaired) electrons. The van der Waals surface area contributed by atoms with Gasteiger partial charge in [-0.1, -0.05) is 28.1 Å². The molecule has 20 heavy (non-hydrogen) atoms. The molecule has 0 aliphatic rings. The molecule has 2 aromatic rings. The number of halogens is 1. The maximum atomic E-state index is 12.0. The van der Waals surface area contributed by atoms with E-state index < -0.39 is 0 Å². The molecule has 0 atom stereocenters. The number of methoxy groups -OCH3 is 1. The minimum atomic E-state index is -0.247. The van der Waals surface area contributed by atoms with E-state index >= 15 is 0 Å². The number of phenolic OH excluding ortho intramolecular Hbond substituents is 1. The van der Waals surface area contributed by atoms with E-state index in [0.717, 1.165) is 10.0 Å². The van der Waals surface area contributed by atoms with Crippen molar-refractivity contribution in [2.45, 2.75) is 6.54 Å². The molecule has 2 N–H and O–H groups in total. The van der Waals surface area contributed by atoms with Gasteiger partial charge in [0.15, 0.2) is 11.5 Å². The Morgan fingerprint density at radius 2 is 2.10 bits per heavy atom. The van der Waals surface area contributed by atoms with Gasteiger partial charge < -0.3 is 15.2 Å². The highest BCUT2D eigenvalue weighted by Gasteiger charge is 2.09. The smallest absolute Gasteiger partial charge is 0.251 e. The lowest BCUT2D eigenvalue weighted by molar-refractivity contribution is 0.0950. The van der Waals surface area contributed by atoms with Crippen molar-refractivity contribution in [1.29, 1.82) is 0 Å². The summed E-state index contributed by atoms with van der Waals surface area (Å²) in [7, 11) is 1.46. The van der Waals surface area contributed by atoms with Crippen molar-refractivity contribution in [3.05, 3.63) is 58.1 Å². The number of hydrogen-bond acceptors (Lipinski definition) is 3. The van der Waals surface area contributed by atoms with Gasteiger partial charge in [-0.15, -0.1) is 0 Å². The van der Waals surface area contributed by atoms with E-state index in [9.17, 15) is 9.90 Å². The van der Waals surface area contributed by atoms with Crippen LogP contribution in [-0.2, 0) is 6.54 Å². The van der Waals surface area contributed by atoms with E-state index in [1.807, 2.05) is 24.3 Å². The summed E-state index contributed by atoms with van der Waals surface area (Å²) in [5, 5.41) is 12.4. The number of amides is 1. The quantitative estimate of drug-likeness (QED) is 0.902. The number of phenols is 1. The molecule has 0 heterocycles. The van der Waals surface area contributed by atoms with Gasteiger partial charge in [0, 0.05) is 16.6 Å². The monoisotopic (exact) mass is 335 g/mol. The highest BCUT2D eigenvalue weighted by molar-refractivity contribution is 9.10. The summed E-state index contributed by atoms with van der Waals surface area (Å²) in [5.74, 6) is 0.0408. The van der Waals surface area contributed by atoms with Gasteiger partial charge in [0.05, 0.1) is 7.11 Å². The van der Waals surface area contributed by atoms with Gasteiger partial charge in [-0.2, -0.15) is 0 Å². The minimum Gasteiger partial charge on any atom is -0.504 e. The lowest BCUT2D eigenvalue weighted by Gasteiger charge is -2.08. The fourth-order valence-electron chi connectivity index (χ4n) is 1.76. The van der Waals surface area contributed by atoms with E-state index in [2.05, 4.69) is 21.2 Å². The van der Waals surface area contributed by atoms with E-state index in [1.54, 1.807) is 12.1 Å². The van der Waals surface area contributed by atoms with E-state index in [0.29, 0.717) is 17.9 Å². The highest BCUT2D eigenvalue weighted by Crippen LogP contribution is 2.26. The first-order valence-electron chi connectivity index (χ1n) is 6.00. The van der Waals surface area contributed by atoms with Crippen LogP contribution in [0.25, 0.3) is 0 Å². The number of ether oxygens (including phenoxy) is 1. The van der Waals surface area contributed by atoms with Gasteiger partial charge >= 0.3 is 0 Å². The summed E-state index contributed by atoms with van der Waals surface area (Å²) in [6.07, 6.45) is 0. The number of rotatable bonds is 4. The first-order valence-corrected chi connectivity index (χ1v) is 6.79. The Kier molecular flexibility index (Phi) is 4.63. The minimum absolute atomic E-state index is 0.0531. The molecule has 2 rings (SSSR count). The van der Waals surface area contributed by atoms with Crippen LogP contribution in [-0.4, -0.2) is 18.1 Å². The van der Waals surface area contributed by atoms with Crippen LogP contribution in [0.2, 0.25) is 0 Å². The van der Waals surface area contributed by atoms with Crippen molar-refractivity contribution in [2.24, 2.45) is 0 Å². The molecule has 0 aliphatic carbocycles. The molecule has 0 unspecified atom stereocenters. The first-order chi connectivity index (χ1) is 9.60. The zero-order valence-corrected chi connectivity index (χ0v) is 12.5. The van der Waals surface area contributed by atoms with Crippen molar-refractivity contribution < 1.29 is 14.6 Å². The lowest BCUT2D eigenvalue weighted by Crippen LogP contribution is -2.22. The average Bonchev–Trinajstić information content (AvgIpc) is 2.44. The number of nitrogens with one attached hydrogen (secondary N) is 1. The Hall–Kier alpha value is -2.01. The molecule has 0 bridgehead atoms. The maximum absolute atomic E-state index is 12.0. The molecule has 4 nitrogen and oxygen atoms in total. The van der Waals surface area contributed by atoms with E-state index in [-0.39, 0.29) is 11.7 Å². The summed E-state index contributed by atoms with van der Waals surface area (Å²) in [6.45, 7) is 0.422. The Morgan fingerprint density at radius 3 is 2.75 bits per heavy atom. The molecule has 2 aromatic carbocycles. The van der Waals surface area contributed by atoms with Gasteiger partial charge in [-0.25, -0.2) is 0 Å². The Balaban J connectivity index is 2.03. The largest absolute Gasteiger partial charge is 0.504 e. The Morgan fingerprint density at radius 1 is 1.30 bits per heavy atom. The predicted octanol–water partition coefficient (Wildman–Crippen LogP) is 3.09. The van der Waals surface area contributed by atoms with Crippen LogP contribution in [0, 0.1) is 0 Å². The third-order valence-electron chi connectivity index (χ3n) is 2.78. The number of carbonyl (C=O) groups is 1. The van der Waals surface area contributed by atoms with Crippen LogP contribution < -0.4 is 10.1 Å². The van der Waals surface area contributed by atoms with Crippen molar-refractivity contribution in [3.63, 3.8) is 0 Å². The first kappa shape index (κ1) is 14.4. The SMILES string of the molecule is COc1ccc(C(=O)NCc2cccc(Br)c2)cc1O. The summed E-state index contributed by atoms with van der Waals surface area (Å²) < 4.78 is 5.90. The van der Waals surface area contributed by atoms with E-state index in [4.69, 9.17) is 4.74 Å². The number of carbonyl (C=O) groups excluding carboxylic acids is 1. The van der Waals surface area contributed by atoms with Crippen LogP contribution in [0.3, 0.4) is 0 Å². The Labute approximate surface area is 125 Å². The molecule has 0 fully saturated rings. The van der Waals surface area contributed by atoms with Gasteiger partial charge in [0.1, 0.15) is 0 Å². The molecule has 0 aliphatic heterocycles. The van der Waals surface area contributed by atoms with Crippen molar-refractivity contribution in [1.82, 2.24) is 5.32 Å². The fraction of sp³-hybridized carbons (Fsp3) is 0.133. The van der Waals surface area contributed by atoms with Crippen molar-refractivity contribution in [2.75, 3.05) is 7.11 Å². The molecule has 0 spiro atoms. The second-order valence-corrected chi connectivity index (χ2v) is 5.11. The zero-order valence-electron chi connectivity index (χ0n) is 10.9. The molecular formula is C15H14BrNO3. The second-order valence-electron chi connectivity index (χ2n) is 4.20. The van der Waals surface area contributed by atoms with Gasteiger partial charge in [-0.3, -0.25) is 4.79 Å². The van der Waals surface area contributed by atoms with E-state index in [1.165, 1.54) is 13.2 Å². The van der Waals surface area contributed by atoms with Crippen molar-refractivity contribution in [3.8, 4) is 11.5 Å². The number of benzene rings is 2. The highest BCUT2D eigenvalue weighted by atomic mass is 79.9. The third-order valence-corrected chi connectivity index (χ3v) is 3.28. The lowest BCUT2D eigenvalue weighted by atomic mass is 10.1. The molecule has 1 amide bonds. The summed E-state index contributed by atoms with van der Waals surface area (Å²) in [5.41, 5.74) is 1.38. The fourth-order valence-corrected chi connectivity index (χ4v) is 2.21. The van der Waals surface area contributed by atoms with Crippen LogP contribution in [0.15, 0.2) is 46.9 Å².